The van der Waals surface area contributed by atoms with E-state index >= 15 is 0 Å². The third-order valence-corrected chi connectivity index (χ3v) is 3.76. The molecule has 2 aromatic rings. The third-order valence-electron chi connectivity index (χ3n) is 3.03. The van der Waals surface area contributed by atoms with E-state index in [1.165, 1.54) is 6.07 Å². The number of nitrogens with two attached hydrogens (primary N) is 1. The van der Waals surface area contributed by atoms with E-state index in [4.69, 9.17) is 10.5 Å². The summed E-state index contributed by atoms with van der Waals surface area (Å²) in [5.74, 6) is -1.00. The Morgan fingerprint density at radius 1 is 1.48 bits per heavy atom. The van der Waals surface area contributed by atoms with Gasteiger partial charge in [-0.15, -0.1) is 0 Å². The van der Waals surface area contributed by atoms with Crippen molar-refractivity contribution < 1.29 is 13.9 Å². The summed E-state index contributed by atoms with van der Waals surface area (Å²) < 4.78 is 19.0. The number of carbonyl (C=O) groups excluding carboxylic acids is 1. The predicted molar refractivity (Wildman–Crippen MR) is 83.2 cm³/mol. The van der Waals surface area contributed by atoms with Crippen LogP contribution in [0.1, 0.15) is 22.8 Å². The molecule has 0 amide bonds. The number of carbonyl (C=O) groups is 1. The predicted octanol–water partition coefficient (Wildman–Crippen LogP) is 3.28. The molecule has 0 unspecified atom stereocenters. The van der Waals surface area contributed by atoms with Crippen LogP contribution in [0.15, 0.2) is 29.0 Å². The molecule has 0 fully saturated rings. The van der Waals surface area contributed by atoms with Crippen molar-refractivity contribution in [1.29, 1.82) is 0 Å². The molecule has 6 heteroatoms. The first-order chi connectivity index (χ1) is 10.0. The molecule has 0 radical (unpaired) electrons. The van der Waals surface area contributed by atoms with E-state index in [9.17, 15) is 9.18 Å². The fourth-order valence-corrected chi connectivity index (χ4v) is 2.66. The molecule has 1 heterocycles. The molecule has 0 aliphatic heterocycles. The van der Waals surface area contributed by atoms with Crippen molar-refractivity contribution in [2.75, 3.05) is 24.3 Å². The van der Waals surface area contributed by atoms with Gasteiger partial charge >= 0.3 is 5.97 Å². The fraction of sp³-hybridized carbons (Fsp3) is 0.267. The number of nitrogens with zero attached hydrogens (tertiary/aromatic N) is 1. The van der Waals surface area contributed by atoms with E-state index in [-0.39, 0.29) is 17.9 Å². The van der Waals surface area contributed by atoms with Gasteiger partial charge in [-0.25, -0.2) is 9.18 Å². The van der Waals surface area contributed by atoms with Gasteiger partial charge in [-0.05, 0) is 41.4 Å². The normalized spacial score (nSPS) is 10.4. The van der Waals surface area contributed by atoms with Crippen molar-refractivity contribution in [2.45, 2.75) is 13.5 Å². The molecular formula is C15H17FN2O2S. The highest BCUT2D eigenvalue weighted by atomic mass is 32.1. The number of hydrogen-bond acceptors (Lipinski definition) is 5. The van der Waals surface area contributed by atoms with Gasteiger partial charge in [0.1, 0.15) is 5.82 Å². The number of benzene rings is 1. The summed E-state index contributed by atoms with van der Waals surface area (Å²) in [6.07, 6.45) is 0. The second kappa shape index (κ2) is 6.58. The Morgan fingerprint density at radius 2 is 2.24 bits per heavy atom. The van der Waals surface area contributed by atoms with Crippen molar-refractivity contribution >= 4 is 28.7 Å². The molecule has 4 nitrogen and oxygen atoms in total. The van der Waals surface area contributed by atoms with Gasteiger partial charge in [0.05, 0.1) is 17.9 Å². The monoisotopic (exact) mass is 308 g/mol. The summed E-state index contributed by atoms with van der Waals surface area (Å²) in [6, 6.07) is 4.57. The molecule has 0 atom stereocenters. The largest absolute Gasteiger partial charge is 0.462 e. The van der Waals surface area contributed by atoms with Crippen LogP contribution in [-0.2, 0) is 11.3 Å². The van der Waals surface area contributed by atoms with Crippen molar-refractivity contribution in [3.05, 3.63) is 45.9 Å². The first-order valence-corrected chi connectivity index (χ1v) is 7.45. The Labute approximate surface area is 126 Å². The van der Waals surface area contributed by atoms with Gasteiger partial charge in [-0.3, -0.25) is 0 Å². The van der Waals surface area contributed by atoms with Gasteiger partial charge in [0.25, 0.3) is 0 Å². The number of thiophene rings is 1. The first-order valence-electron chi connectivity index (χ1n) is 6.51. The molecule has 1 aromatic carbocycles. The third kappa shape index (κ3) is 3.52. The highest BCUT2D eigenvalue weighted by molar-refractivity contribution is 7.07. The Balaban J connectivity index is 2.30. The Morgan fingerprint density at radius 3 is 2.86 bits per heavy atom. The van der Waals surface area contributed by atoms with Gasteiger partial charge in [-0.2, -0.15) is 11.3 Å². The lowest BCUT2D eigenvalue weighted by molar-refractivity contribution is 0.0527. The molecule has 1 aromatic heterocycles. The van der Waals surface area contributed by atoms with Gasteiger partial charge in [0.2, 0.25) is 0 Å². The van der Waals surface area contributed by atoms with Crippen molar-refractivity contribution in [3.8, 4) is 0 Å². The molecule has 0 aliphatic rings. The number of esters is 1. The van der Waals surface area contributed by atoms with E-state index in [2.05, 4.69) is 0 Å². The second-order valence-corrected chi connectivity index (χ2v) is 5.38. The van der Waals surface area contributed by atoms with Crippen LogP contribution >= 0.6 is 11.3 Å². The molecule has 0 spiro atoms. The van der Waals surface area contributed by atoms with Crippen LogP contribution in [0.4, 0.5) is 15.8 Å². The summed E-state index contributed by atoms with van der Waals surface area (Å²) in [7, 11) is 1.77. The quantitative estimate of drug-likeness (QED) is 0.680. The summed E-state index contributed by atoms with van der Waals surface area (Å²) in [6.45, 7) is 2.50. The molecular weight excluding hydrogens is 291 g/mol. The Kier molecular flexibility index (Phi) is 4.80. The average Bonchev–Trinajstić information content (AvgIpc) is 2.91. The molecule has 2 rings (SSSR count). The van der Waals surface area contributed by atoms with Crippen LogP contribution in [0.25, 0.3) is 0 Å². The van der Waals surface area contributed by atoms with E-state index in [1.807, 2.05) is 16.8 Å². The lowest BCUT2D eigenvalue weighted by Crippen LogP contribution is -2.19. The van der Waals surface area contributed by atoms with E-state index < -0.39 is 11.8 Å². The summed E-state index contributed by atoms with van der Waals surface area (Å²) in [4.78, 5) is 13.6. The molecule has 2 N–H and O–H groups in total. The molecule has 0 bridgehead atoms. The smallest absolute Gasteiger partial charge is 0.340 e. The molecule has 0 saturated carbocycles. The lowest BCUT2D eigenvalue weighted by Gasteiger charge is -2.20. The zero-order valence-corrected chi connectivity index (χ0v) is 12.7. The van der Waals surface area contributed by atoms with E-state index in [0.29, 0.717) is 12.2 Å². The first kappa shape index (κ1) is 15.3. The van der Waals surface area contributed by atoms with Crippen LogP contribution in [-0.4, -0.2) is 19.6 Å². The number of ether oxygens (including phenoxy) is 1. The van der Waals surface area contributed by atoms with E-state index in [0.717, 1.165) is 11.6 Å². The average molecular weight is 308 g/mol. The number of rotatable bonds is 5. The maximum absolute atomic E-state index is 14.1. The maximum Gasteiger partial charge on any atom is 0.340 e. The number of nitrogen functional groups attached to an aromatic ring is 1. The zero-order valence-electron chi connectivity index (χ0n) is 11.9. The Hall–Kier alpha value is -2.08. The van der Waals surface area contributed by atoms with Gasteiger partial charge in [0.15, 0.2) is 0 Å². The van der Waals surface area contributed by atoms with E-state index in [1.54, 1.807) is 30.2 Å². The minimum Gasteiger partial charge on any atom is -0.462 e. The standard InChI is InChI=1S/C15H17FN2O2S/c1-3-20-15(19)11-6-14(12(16)7-13(11)17)18(2)8-10-4-5-21-9-10/h4-7,9H,3,8,17H2,1-2H3. The van der Waals surface area contributed by atoms with Crippen LogP contribution in [0.3, 0.4) is 0 Å². The van der Waals surface area contributed by atoms with Crippen molar-refractivity contribution in [2.24, 2.45) is 0 Å². The van der Waals surface area contributed by atoms with Crippen LogP contribution in [0.5, 0.6) is 0 Å². The van der Waals surface area contributed by atoms with Crippen LogP contribution < -0.4 is 10.6 Å². The summed E-state index contributed by atoms with van der Waals surface area (Å²) in [5, 5.41) is 3.96. The van der Waals surface area contributed by atoms with Gasteiger partial charge in [-0.1, -0.05) is 0 Å². The number of anilines is 2. The maximum atomic E-state index is 14.1. The second-order valence-electron chi connectivity index (χ2n) is 4.60. The molecule has 112 valence electrons. The molecule has 0 saturated heterocycles. The number of halogens is 1. The fourth-order valence-electron chi connectivity index (χ4n) is 2.00. The minimum atomic E-state index is -0.541. The van der Waals surface area contributed by atoms with Crippen LogP contribution in [0, 0.1) is 5.82 Å². The zero-order chi connectivity index (χ0) is 15.4. The lowest BCUT2D eigenvalue weighted by atomic mass is 10.1. The molecule has 0 aliphatic carbocycles. The van der Waals surface area contributed by atoms with Crippen molar-refractivity contribution in [3.63, 3.8) is 0 Å². The molecule has 21 heavy (non-hydrogen) atoms. The topological polar surface area (TPSA) is 55.6 Å². The minimum absolute atomic E-state index is 0.0821. The summed E-state index contributed by atoms with van der Waals surface area (Å²) >= 11 is 1.58. The SMILES string of the molecule is CCOC(=O)c1cc(N(C)Cc2ccsc2)c(F)cc1N. The van der Waals surface area contributed by atoms with Crippen molar-refractivity contribution in [1.82, 2.24) is 0 Å². The Bertz CT molecular complexity index is 629. The van der Waals surface area contributed by atoms with Gasteiger partial charge < -0.3 is 15.4 Å². The highest BCUT2D eigenvalue weighted by Gasteiger charge is 2.17. The highest BCUT2D eigenvalue weighted by Crippen LogP contribution is 2.26. The van der Waals surface area contributed by atoms with Gasteiger partial charge in [0, 0.05) is 19.3 Å². The summed E-state index contributed by atoms with van der Waals surface area (Å²) in [5.41, 5.74) is 7.37. The number of hydrogen-bond donors (Lipinski definition) is 1. The van der Waals surface area contributed by atoms with Crippen LogP contribution in [0.2, 0.25) is 0 Å².